The Kier molecular flexibility index (Phi) is 5.75. The van der Waals surface area contributed by atoms with Crippen molar-refractivity contribution >= 4 is 33.6 Å². The molecule has 0 spiro atoms. The summed E-state index contributed by atoms with van der Waals surface area (Å²) in [4.78, 5) is 15.6. The molecule has 0 aromatic carbocycles. The number of ether oxygens (including phenoxy) is 1. The smallest absolute Gasteiger partial charge is 0.249 e. The van der Waals surface area contributed by atoms with Gasteiger partial charge in [-0.25, -0.2) is 10.8 Å². The molecule has 16 heavy (non-hydrogen) atoms. The van der Waals surface area contributed by atoms with Crippen LogP contribution in [-0.2, 0) is 9.53 Å². The van der Waals surface area contributed by atoms with Gasteiger partial charge in [-0.3, -0.25) is 10.2 Å². The molecule has 0 aliphatic rings. The molecule has 0 saturated heterocycles. The number of methoxy groups -OCH3 is 1. The summed E-state index contributed by atoms with van der Waals surface area (Å²) in [6, 6.07) is 3.68. The molecule has 5 nitrogen and oxygen atoms in total. The van der Waals surface area contributed by atoms with Crippen LogP contribution in [0.3, 0.4) is 0 Å². The first-order valence-corrected chi connectivity index (χ1v) is 6.12. The van der Waals surface area contributed by atoms with Gasteiger partial charge in [0.15, 0.2) is 0 Å². The Balaban J connectivity index is 2.67. The summed E-state index contributed by atoms with van der Waals surface area (Å²) in [6.45, 7) is 0.283. The van der Waals surface area contributed by atoms with E-state index in [1.165, 1.54) is 18.9 Å². The predicted molar refractivity (Wildman–Crippen MR) is 65.8 cm³/mol. The van der Waals surface area contributed by atoms with Crippen LogP contribution in [0.2, 0.25) is 0 Å². The number of nitrogens with zero attached hydrogens (tertiary/aromatic N) is 1. The van der Waals surface area contributed by atoms with Gasteiger partial charge >= 0.3 is 0 Å². The number of hydrazine groups is 1. The van der Waals surface area contributed by atoms with Crippen molar-refractivity contribution < 1.29 is 9.53 Å². The molecule has 0 radical (unpaired) electrons. The van der Waals surface area contributed by atoms with Gasteiger partial charge in [0.05, 0.1) is 11.6 Å². The molecule has 0 bridgehead atoms. The fourth-order valence-electron chi connectivity index (χ4n) is 0.985. The molecule has 1 rings (SSSR count). The molecule has 1 aromatic rings. The summed E-state index contributed by atoms with van der Waals surface area (Å²) in [5.41, 5.74) is 2.10. The van der Waals surface area contributed by atoms with Crippen molar-refractivity contribution in [3.63, 3.8) is 0 Å². The second-order valence-electron chi connectivity index (χ2n) is 2.89. The van der Waals surface area contributed by atoms with Crippen LogP contribution in [0.5, 0.6) is 0 Å². The number of amides is 1. The lowest BCUT2D eigenvalue weighted by Crippen LogP contribution is -2.39. The number of rotatable bonds is 5. The molecule has 88 valence electrons. The third kappa shape index (κ3) is 4.09. The van der Waals surface area contributed by atoms with Crippen LogP contribution in [0.1, 0.15) is 0 Å². The SMILES string of the molecule is COCC(Sc1ccc(Br)cn1)C(=O)NN. The largest absolute Gasteiger partial charge is 0.383 e. The zero-order valence-corrected chi connectivity index (χ0v) is 11.0. The van der Waals surface area contributed by atoms with E-state index in [9.17, 15) is 4.79 Å². The lowest BCUT2D eigenvalue weighted by molar-refractivity contribution is -0.121. The lowest BCUT2D eigenvalue weighted by Gasteiger charge is -2.12. The van der Waals surface area contributed by atoms with Gasteiger partial charge in [-0.1, -0.05) is 11.8 Å². The van der Waals surface area contributed by atoms with Crippen molar-refractivity contribution in [3.8, 4) is 0 Å². The van der Waals surface area contributed by atoms with E-state index in [4.69, 9.17) is 10.6 Å². The van der Waals surface area contributed by atoms with Gasteiger partial charge in [-0.2, -0.15) is 0 Å². The number of nitrogens with one attached hydrogen (secondary N) is 1. The number of pyridine rings is 1. The fraction of sp³-hybridized carbons (Fsp3) is 0.333. The predicted octanol–water partition coefficient (Wildman–Crippen LogP) is 0.941. The number of carbonyl (C=O) groups excluding carboxylic acids is 1. The molecule has 1 atom stereocenters. The summed E-state index contributed by atoms with van der Waals surface area (Å²) >= 11 is 4.59. The van der Waals surface area contributed by atoms with Crippen LogP contribution in [0, 0.1) is 0 Å². The average molecular weight is 306 g/mol. The number of thioether (sulfide) groups is 1. The number of carbonyl (C=O) groups is 1. The lowest BCUT2D eigenvalue weighted by atomic mass is 10.4. The topological polar surface area (TPSA) is 77.2 Å². The highest BCUT2D eigenvalue weighted by atomic mass is 79.9. The Labute approximate surface area is 106 Å². The molecule has 1 aromatic heterocycles. The Hall–Kier alpha value is -0.630. The van der Waals surface area contributed by atoms with Crippen molar-refractivity contribution in [3.05, 3.63) is 22.8 Å². The molecule has 1 amide bonds. The van der Waals surface area contributed by atoms with Crippen molar-refractivity contribution in [2.45, 2.75) is 10.3 Å². The van der Waals surface area contributed by atoms with E-state index < -0.39 is 5.25 Å². The van der Waals surface area contributed by atoms with Crippen LogP contribution >= 0.6 is 27.7 Å². The molecule has 7 heteroatoms. The summed E-state index contributed by atoms with van der Waals surface area (Å²) in [5.74, 6) is 4.80. The van der Waals surface area contributed by atoms with Crippen molar-refractivity contribution in [1.82, 2.24) is 10.4 Å². The monoisotopic (exact) mass is 305 g/mol. The van der Waals surface area contributed by atoms with Gasteiger partial charge in [-0.05, 0) is 28.1 Å². The number of halogens is 1. The number of aromatic nitrogens is 1. The van der Waals surface area contributed by atoms with E-state index in [1.807, 2.05) is 12.1 Å². The number of nitrogens with two attached hydrogens (primary N) is 1. The second-order valence-corrected chi connectivity index (χ2v) is 5.02. The summed E-state index contributed by atoms with van der Waals surface area (Å²) in [7, 11) is 1.53. The first-order valence-electron chi connectivity index (χ1n) is 4.45. The highest BCUT2D eigenvalue weighted by Gasteiger charge is 2.19. The summed E-state index contributed by atoms with van der Waals surface area (Å²) in [5, 5.41) is 0.345. The van der Waals surface area contributed by atoms with E-state index in [1.54, 1.807) is 6.20 Å². The Bertz CT molecular complexity index is 347. The van der Waals surface area contributed by atoms with Crippen molar-refractivity contribution in [2.75, 3.05) is 13.7 Å². The van der Waals surface area contributed by atoms with Crippen LogP contribution in [0.25, 0.3) is 0 Å². The highest BCUT2D eigenvalue weighted by Crippen LogP contribution is 2.22. The molecule has 0 saturated carbocycles. The molecule has 1 unspecified atom stereocenters. The molecule has 1 heterocycles. The van der Waals surface area contributed by atoms with Gasteiger partial charge < -0.3 is 4.74 Å². The first-order chi connectivity index (χ1) is 7.67. The number of hydrogen-bond donors (Lipinski definition) is 2. The Morgan fingerprint density at radius 2 is 2.50 bits per heavy atom. The van der Waals surface area contributed by atoms with Gasteiger partial charge in [0.2, 0.25) is 5.91 Å². The third-order valence-electron chi connectivity index (χ3n) is 1.72. The van der Waals surface area contributed by atoms with Gasteiger partial charge in [-0.15, -0.1) is 0 Å². The van der Waals surface area contributed by atoms with Crippen LogP contribution in [-0.4, -0.2) is 29.9 Å². The molecule has 0 aliphatic carbocycles. The minimum absolute atomic E-state index is 0.281. The molecule has 0 aliphatic heterocycles. The zero-order valence-electron chi connectivity index (χ0n) is 8.64. The van der Waals surface area contributed by atoms with Gasteiger partial charge in [0.1, 0.15) is 5.25 Å². The first kappa shape index (κ1) is 13.4. The standard InChI is InChI=1S/C9H12BrN3O2S/c1-15-5-7(9(14)13-11)16-8-3-2-6(10)4-12-8/h2-4,7H,5,11H2,1H3,(H,13,14). The van der Waals surface area contributed by atoms with E-state index >= 15 is 0 Å². The Morgan fingerprint density at radius 1 is 1.75 bits per heavy atom. The Morgan fingerprint density at radius 3 is 3.00 bits per heavy atom. The van der Waals surface area contributed by atoms with Crippen molar-refractivity contribution in [2.24, 2.45) is 5.84 Å². The van der Waals surface area contributed by atoms with Gasteiger partial charge in [0.25, 0.3) is 0 Å². The maximum Gasteiger partial charge on any atom is 0.249 e. The van der Waals surface area contributed by atoms with E-state index in [0.29, 0.717) is 0 Å². The van der Waals surface area contributed by atoms with Crippen LogP contribution in [0.4, 0.5) is 0 Å². The maximum atomic E-state index is 11.4. The third-order valence-corrected chi connectivity index (χ3v) is 3.30. The van der Waals surface area contributed by atoms with Gasteiger partial charge in [0, 0.05) is 17.8 Å². The van der Waals surface area contributed by atoms with Crippen molar-refractivity contribution in [1.29, 1.82) is 0 Å². The maximum absolute atomic E-state index is 11.4. The normalized spacial score (nSPS) is 12.2. The molecule has 3 N–H and O–H groups in total. The average Bonchev–Trinajstić information content (AvgIpc) is 2.30. The second kappa shape index (κ2) is 6.85. The van der Waals surface area contributed by atoms with E-state index in [2.05, 4.69) is 26.3 Å². The molecule has 0 fully saturated rings. The van der Waals surface area contributed by atoms with Crippen LogP contribution in [0.15, 0.2) is 27.8 Å². The van der Waals surface area contributed by atoms with E-state index in [0.717, 1.165) is 9.50 Å². The summed E-state index contributed by atoms with van der Waals surface area (Å²) in [6.07, 6.45) is 1.67. The molecular formula is C9H12BrN3O2S. The van der Waals surface area contributed by atoms with Crippen LogP contribution < -0.4 is 11.3 Å². The quantitative estimate of drug-likeness (QED) is 0.366. The number of hydrogen-bond acceptors (Lipinski definition) is 5. The fourth-order valence-corrected chi connectivity index (χ4v) is 2.15. The molecular weight excluding hydrogens is 294 g/mol. The minimum Gasteiger partial charge on any atom is -0.383 e. The highest BCUT2D eigenvalue weighted by molar-refractivity contribution is 9.10. The minimum atomic E-state index is -0.399. The van der Waals surface area contributed by atoms with E-state index in [-0.39, 0.29) is 12.5 Å². The zero-order chi connectivity index (χ0) is 12.0. The summed E-state index contributed by atoms with van der Waals surface area (Å²) < 4.78 is 5.84.